The third-order valence-corrected chi connectivity index (χ3v) is 1.87. The number of rotatable bonds is 8. The minimum Gasteiger partial charge on any atom is -0.381 e. The number of hydrogen-bond donors (Lipinski definition) is 2. The highest BCUT2D eigenvalue weighted by atomic mass is 16.5. The van der Waals surface area contributed by atoms with E-state index in [2.05, 4.69) is 12.2 Å². The maximum atomic E-state index is 10.9. The van der Waals surface area contributed by atoms with Crippen LogP contribution in [0.2, 0.25) is 0 Å². The van der Waals surface area contributed by atoms with Crippen molar-refractivity contribution in [1.82, 2.24) is 5.32 Å². The highest BCUT2D eigenvalue weighted by molar-refractivity contribution is 5.77. The Morgan fingerprint density at radius 3 is 2.79 bits per heavy atom. The van der Waals surface area contributed by atoms with E-state index in [1.807, 2.05) is 6.92 Å². The van der Waals surface area contributed by atoms with Crippen LogP contribution in [-0.2, 0) is 9.53 Å². The number of ether oxygens (including phenoxy) is 1. The first kappa shape index (κ1) is 13.4. The molecule has 0 radical (unpaired) electrons. The van der Waals surface area contributed by atoms with Crippen molar-refractivity contribution in [3.05, 3.63) is 0 Å². The number of carbonyl (C=O) groups excluding carboxylic acids is 1. The summed E-state index contributed by atoms with van der Waals surface area (Å²) in [5, 5.41) is 2.80. The number of amides is 1. The van der Waals surface area contributed by atoms with Crippen molar-refractivity contribution < 1.29 is 9.53 Å². The Hall–Kier alpha value is -0.610. The van der Waals surface area contributed by atoms with Crippen LogP contribution in [0.1, 0.15) is 33.1 Å². The first-order valence-corrected chi connectivity index (χ1v) is 5.27. The van der Waals surface area contributed by atoms with Crippen molar-refractivity contribution >= 4 is 5.91 Å². The number of carbonyl (C=O) groups is 1. The SMILES string of the molecule is CCCOCCCC(C)NC(=O)CN. The second kappa shape index (κ2) is 8.97. The van der Waals surface area contributed by atoms with Crippen LogP contribution >= 0.6 is 0 Å². The maximum absolute atomic E-state index is 10.9. The lowest BCUT2D eigenvalue weighted by molar-refractivity contribution is -0.120. The predicted octanol–water partition coefficient (Wildman–Crippen LogP) is 0.657. The molecular formula is C10H22N2O2. The molecule has 0 saturated heterocycles. The maximum Gasteiger partial charge on any atom is 0.233 e. The van der Waals surface area contributed by atoms with E-state index >= 15 is 0 Å². The highest BCUT2D eigenvalue weighted by Crippen LogP contribution is 1.97. The van der Waals surface area contributed by atoms with E-state index in [-0.39, 0.29) is 18.5 Å². The van der Waals surface area contributed by atoms with Gasteiger partial charge >= 0.3 is 0 Å². The van der Waals surface area contributed by atoms with Crippen LogP contribution in [0, 0.1) is 0 Å². The molecule has 4 heteroatoms. The lowest BCUT2D eigenvalue weighted by Crippen LogP contribution is -2.37. The second-order valence-electron chi connectivity index (χ2n) is 3.43. The molecule has 3 N–H and O–H groups in total. The summed E-state index contributed by atoms with van der Waals surface area (Å²) in [4.78, 5) is 10.9. The van der Waals surface area contributed by atoms with E-state index in [1.54, 1.807) is 0 Å². The molecule has 1 atom stereocenters. The van der Waals surface area contributed by atoms with E-state index in [1.165, 1.54) is 0 Å². The van der Waals surface area contributed by atoms with Crippen molar-refractivity contribution in [2.45, 2.75) is 39.2 Å². The molecule has 84 valence electrons. The molecule has 1 unspecified atom stereocenters. The third-order valence-electron chi connectivity index (χ3n) is 1.87. The zero-order valence-corrected chi connectivity index (χ0v) is 9.21. The smallest absolute Gasteiger partial charge is 0.233 e. The zero-order valence-electron chi connectivity index (χ0n) is 9.21. The minimum absolute atomic E-state index is 0.0661. The largest absolute Gasteiger partial charge is 0.381 e. The molecule has 0 spiro atoms. The molecule has 0 aliphatic rings. The van der Waals surface area contributed by atoms with Crippen LogP contribution in [0.25, 0.3) is 0 Å². The third kappa shape index (κ3) is 8.01. The average Bonchev–Trinajstić information content (AvgIpc) is 2.17. The summed E-state index contributed by atoms with van der Waals surface area (Å²) in [6.45, 7) is 5.73. The quantitative estimate of drug-likeness (QED) is 0.568. The topological polar surface area (TPSA) is 64.3 Å². The Morgan fingerprint density at radius 1 is 1.50 bits per heavy atom. The Bertz CT molecular complexity index is 151. The van der Waals surface area contributed by atoms with Crippen molar-refractivity contribution in [3.8, 4) is 0 Å². The second-order valence-corrected chi connectivity index (χ2v) is 3.43. The van der Waals surface area contributed by atoms with Gasteiger partial charge in [0.05, 0.1) is 6.54 Å². The van der Waals surface area contributed by atoms with Gasteiger partial charge in [-0.1, -0.05) is 6.92 Å². The molecule has 0 aliphatic carbocycles. The van der Waals surface area contributed by atoms with Crippen molar-refractivity contribution in [2.75, 3.05) is 19.8 Å². The van der Waals surface area contributed by atoms with Crippen molar-refractivity contribution in [2.24, 2.45) is 5.73 Å². The number of nitrogens with two attached hydrogens (primary N) is 1. The number of nitrogens with one attached hydrogen (secondary N) is 1. The van der Waals surface area contributed by atoms with E-state index in [9.17, 15) is 4.79 Å². The molecule has 0 rings (SSSR count). The van der Waals surface area contributed by atoms with Crippen LogP contribution in [-0.4, -0.2) is 31.7 Å². The fraction of sp³-hybridized carbons (Fsp3) is 0.900. The van der Waals surface area contributed by atoms with Crippen LogP contribution in [0.5, 0.6) is 0 Å². The summed E-state index contributed by atoms with van der Waals surface area (Å²) in [7, 11) is 0. The van der Waals surface area contributed by atoms with Gasteiger partial charge in [-0.15, -0.1) is 0 Å². The van der Waals surface area contributed by atoms with E-state index in [4.69, 9.17) is 10.5 Å². The monoisotopic (exact) mass is 202 g/mol. The molecule has 0 fully saturated rings. The molecule has 0 aromatic heterocycles. The van der Waals surface area contributed by atoms with Crippen LogP contribution < -0.4 is 11.1 Å². The van der Waals surface area contributed by atoms with Gasteiger partial charge in [0.2, 0.25) is 5.91 Å². The Labute approximate surface area is 86.2 Å². The van der Waals surface area contributed by atoms with E-state index in [0.717, 1.165) is 32.5 Å². The van der Waals surface area contributed by atoms with Gasteiger partial charge in [0.15, 0.2) is 0 Å². The van der Waals surface area contributed by atoms with Crippen LogP contribution in [0.3, 0.4) is 0 Å². The fourth-order valence-corrected chi connectivity index (χ4v) is 1.14. The summed E-state index contributed by atoms with van der Waals surface area (Å²) in [5.74, 6) is -0.0908. The zero-order chi connectivity index (χ0) is 10.8. The molecular weight excluding hydrogens is 180 g/mol. The van der Waals surface area contributed by atoms with Crippen LogP contribution in [0.15, 0.2) is 0 Å². The molecule has 0 aromatic carbocycles. The number of hydrogen-bond acceptors (Lipinski definition) is 3. The Balaban J connectivity index is 3.26. The van der Waals surface area contributed by atoms with Crippen LogP contribution in [0.4, 0.5) is 0 Å². The molecule has 14 heavy (non-hydrogen) atoms. The van der Waals surface area contributed by atoms with Gasteiger partial charge in [0, 0.05) is 19.3 Å². The molecule has 0 saturated carbocycles. The van der Waals surface area contributed by atoms with Gasteiger partial charge < -0.3 is 15.8 Å². The van der Waals surface area contributed by atoms with Gasteiger partial charge in [-0.25, -0.2) is 0 Å². The van der Waals surface area contributed by atoms with E-state index < -0.39 is 0 Å². The Morgan fingerprint density at radius 2 is 2.21 bits per heavy atom. The summed E-state index contributed by atoms with van der Waals surface area (Å²) < 4.78 is 5.33. The predicted molar refractivity (Wildman–Crippen MR) is 57.0 cm³/mol. The summed E-state index contributed by atoms with van der Waals surface area (Å²) >= 11 is 0. The van der Waals surface area contributed by atoms with Gasteiger partial charge in [0.25, 0.3) is 0 Å². The average molecular weight is 202 g/mol. The summed E-state index contributed by atoms with van der Waals surface area (Å²) in [6, 6.07) is 0.191. The highest BCUT2D eigenvalue weighted by Gasteiger charge is 2.04. The first-order chi connectivity index (χ1) is 6.70. The summed E-state index contributed by atoms with van der Waals surface area (Å²) in [6.07, 6.45) is 2.97. The van der Waals surface area contributed by atoms with E-state index in [0.29, 0.717) is 0 Å². The lowest BCUT2D eigenvalue weighted by Gasteiger charge is -2.12. The molecule has 1 amide bonds. The molecule has 0 heterocycles. The molecule has 4 nitrogen and oxygen atoms in total. The van der Waals surface area contributed by atoms with Gasteiger partial charge in [-0.05, 0) is 26.2 Å². The van der Waals surface area contributed by atoms with Gasteiger partial charge in [0.1, 0.15) is 0 Å². The van der Waals surface area contributed by atoms with Crippen molar-refractivity contribution in [3.63, 3.8) is 0 Å². The molecule has 0 aromatic rings. The normalized spacial score (nSPS) is 12.5. The van der Waals surface area contributed by atoms with Gasteiger partial charge in [-0.2, -0.15) is 0 Å². The minimum atomic E-state index is -0.0908. The first-order valence-electron chi connectivity index (χ1n) is 5.27. The standard InChI is InChI=1S/C10H22N2O2/c1-3-6-14-7-4-5-9(2)12-10(13)8-11/h9H,3-8,11H2,1-2H3,(H,12,13). The molecule has 0 aliphatic heterocycles. The fourth-order valence-electron chi connectivity index (χ4n) is 1.14. The molecule has 0 bridgehead atoms. The van der Waals surface area contributed by atoms with Gasteiger partial charge in [-0.3, -0.25) is 4.79 Å². The lowest BCUT2D eigenvalue weighted by atomic mass is 10.2. The Kier molecular flexibility index (Phi) is 8.57. The summed E-state index contributed by atoms with van der Waals surface area (Å²) in [5.41, 5.74) is 5.18. The van der Waals surface area contributed by atoms with Crippen molar-refractivity contribution in [1.29, 1.82) is 0 Å².